The van der Waals surface area contributed by atoms with E-state index in [4.69, 9.17) is 4.42 Å². The SMILES string of the molecule is [Br-].[Br-].c1cc(C[S+]2CCCC2)oc1C[S+]1CCCC1. The van der Waals surface area contributed by atoms with Crippen LogP contribution in [0.1, 0.15) is 37.2 Å². The van der Waals surface area contributed by atoms with Gasteiger partial charge >= 0.3 is 0 Å². The van der Waals surface area contributed by atoms with Crippen LogP contribution in [0, 0.1) is 0 Å². The van der Waals surface area contributed by atoms with Gasteiger partial charge in [0.25, 0.3) is 0 Å². The zero-order valence-electron chi connectivity index (χ0n) is 11.2. The molecular formula is C14H22Br2OS2. The lowest BCUT2D eigenvalue weighted by Crippen LogP contribution is -3.00. The lowest BCUT2D eigenvalue weighted by atomic mass is 10.4. The third kappa shape index (κ3) is 5.33. The Morgan fingerprint density at radius 3 is 1.47 bits per heavy atom. The number of halogens is 2. The third-order valence-electron chi connectivity index (χ3n) is 3.64. The minimum atomic E-state index is 0. The molecule has 0 atom stereocenters. The first-order chi connectivity index (χ1) is 8.40. The summed E-state index contributed by atoms with van der Waals surface area (Å²) in [7, 11) is 1.28. The zero-order valence-corrected chi connectivity index (χ0v) is 16.0. The van der Waals surface area contributed by atoms with Crippen molar-refractivity contribution >= 4 is 21.8 Å². The predicted molar refractivity (Wildman–Crippen MR) is 78.8 cm³/mol. The van der Waals surface area contributed by atoms with E-state index >= 15 is 0 Å². The summed E-state index contributed by atoms with van der Waals surface area (Å²) in [6, 6.07) is 4.47. The number of hydrogen-bond donors (Lipinski definition) is 0. The molecule has 2 aliphatic rings. The standard InChI is InChI=1S/C14H22OS2.2BrH/c1-2-8-16(7-1)11-13-5-6-14(15-13)12-17-9-3-4-10-17;;/h5-6H,1-4,7-12H2;2*1H/q+2;;/p-2. The lowest BCUT2D eigenvalue weighted by Gasteiger charge is -1.99. The van der Waals surface area contributed by atoms with Gasteiger partial charge in [0, 0.05) is 0 Å². The molecule has 0 radical (unpaired) electrons. The van der Waals surface area contributed by atoms with Crippen molar-refractivity contribution < 1.29 is 38.4 Å². The van der Waals surface area contributed by atoms with Crippen LogP contribution in [-0.2, 0) is 33.3 Å². The first-order valence-electron chi connectivity index (χ1n) is 6.76. The highest BCUT2D eigenvalue weighted by molar-refractivity contribution is 7.96. The monoisotopic (exact) mass is 428 g/mol. The van der Waals surface area contributed by atoms with Crippen molar-refractivity contribution in [2.75, 3.05) is 23.0 Å². The second-order valence-corrected chi connectivity index (χ2v) is 9.77. The van der Waals surface area contributed by atoms with Crippen LogP contribution < -0.4 is 34.0 Å². The minimum absolute atomic E-state index is 0. The fourth-order valence-corrected chi connectivity index (χ4v) is 7.25. The zero-order chi connectivity index (χ0) is 11.5. The molecule has 1 nitrogen and oxygen atoms in total. The molecule has 0 aliphatic carbocycles. The molecule has 2 aliphatic heterocycles. The third-order valence-corrected chi connectivity index (χ3v) is 8.49. The molecule has 19 heavy (non-hydrogen) atoms. The maximum Gasteiger partial charge on any atom is 0.165 e. The molecule has 2 fully saturated rings. The van der Waals surface area contributed by atoms with Gasteiger partial charge in [-0.2, -0.15) is 0 Å². The molecule has 110 valence electrons. The lowest BCUT2D eigenvalue weighted by molar-refractivity contribution is -0.00100. The largest absolute Gasteiger partial charge is 1.00 e. The van der Waals surface area contributed by atoms with Crippen LogP contribution in [0.4, 0.5) is 0 Å². The van der Waals surface area contributed by atoms with E-state index in [1.54, 1.807) is 0 Å². The molecule has 3 rings (SSSR count). The Kier molecular flexibility index (Phi) is 8.58. The Hall–Kier alpha value is 0.940. The predicted octanol–water partition coefficient (Wildman–Crippen LogP) is -2.89. The van der Waals surface area contributed by atoms with Gasteiger partial charge < -0.3 is 38.4 Å². The molecule has 5 heteroatoms. The fraction of sp³-hybridized carbons (Fsp3) is 0.714. The summed E-state index contributed by atoms with van der Waals surface area (Å²) in [5, 5.41) is 0. The molecule has 0 N–H and O–H groups in total. The second-order valence-electron chi connectivity index (χ2n) is 5.11. The second kappa shape index (κ2) is 9.06. The van der Waals surface area contributed by atoms with Crippen LogP contribution in [-0.4, -0.2) is 23.0 Å². The average Bonchev–Trinajstić information content (AvgIpc) is 3.02. The van der Waals surface area contributed by atoms with E-state index < -0.39 is 0 Å². The van der Waals surface area contributed by atoms with Gasteiger partial charge in [-0.15, -0.1) is 0 Å². The van der Waals surface area contributed by atoms with Crippen molar-refractivity contribution in [1.82, 2.24) is 0 Å². The molecule has 0 aromatic carbocycles. The van der Waals surface area contributed by atoms with Crippen molar-refractivity contribution in [2.45, 2.75) is 37.2 Å². The van der Waals surface area contributed by atoms with Gasteiger partial charge in [-0.25, -0.2) is 0 Å². The smallest absolute Gasteiger partial charge is 0.165 e. The molecule has 0 amide bonds. The van der Waals surface area contributed by atoms with Gasteiger partial charge in [0.1, 0.15) is 23.0 Å². The quantitative estimate of drug-likeness (QED) is 0.468. The van der Waals surface area contributed by atoms with E-state index in [1.807, 2.05) is 0 Å². The van der Waals surface area contributed by atoms with Crippen LogP contribution >= 0.6 is 0 Å². The first kappa shape index (κ1) is 18.0. The van der Waals surface area contributed by atoms with Crippen LogP contribution in [0.5, 0.6) is 0 Å². The molecule has 3 heterocycles. The molecule has 1 aromatic heterocycles. The number of hydrogen-bond acceptors (Lipinski definition) is 1. The van der Waals surface area contributed by atoms with Gasteiger partial charge in [0.05, 0.1) is 0 Å². The van der Waals surface area contributed by atoms with E-state index in [0.29, 0.717) is 21.8 Å². The van der Waals surface area contributed by atoms with E-state index in [-0.39, 0.29) is 34.0 Å². The summed E-state index contributed by atoms with van der Waals surface area (Å²) in [6.07, 6.45) is 5.78. The summed E-state index contributed by atoms with van der Waals surface area (Å²) >= 11 is 0. The van der Waals surface area contributed by atoms with Gasteiger partial charge in [-0.1, -0.05) is 0 Å². The molecule has 0 saturated carbocycles. The van der Waals surface area contributed by atoms with E-state index in [9.17, 15) is 0 Å². The Labute approximate surface area is 143 Å². The number of furan rings is 1. The Morgan fingerprint density at radius 1 is 0.737 bits per heavy atom. The summed E-state index contributed by atoms with van der Waals surface area (Å²) in [4.78, 5) is 0. The van der Waals surface area contributed by atoms with Crippen molar-refractivity contribution in [2.24, 2.45) is 0 Å². The maximum atomic E-state index is 6.02. The highest BCUT2D eigenvalue weighted by Gasteiger charge is 2.28. The minimum Gasteiger partial charge on any atom is -1.00 e. The average molecular weight is 430 g/mol. The van der Waals surface area contributed by atoms with Crippen LogP contribution in [0.25, 0.3) is 0 Å². The van der Waals surface area contributed by atoms with Gasteiger partial charge in [-0.05, 0) is 59.6 Å². The fourth-order valence-electron chi connectivity index (χ4n) is 2.70. The first-order valence-corrected chi connectivity index (χ1v) is 10.2. The van der Waals surface area contributed by atoms with Gasteiger partial charge in [-0.3, -0.25) is 0 Å². The van der Waals surface area contributed by atoms with Crippen LogP contribution in [0.2, 0.25) is 0 Å². The van der Waals surface area contributed by atoms with Crippen molar-refractivity contribution in [1.29, 1.82) is 0 Å². The Balaban J connectivity index is 0.000000902. The van der Waals surface area contributed by atoms with E-state index in [0.717, 1.165) is 0 Å². The maximum absolute atomic E-state index is 6.02. The topological polar surface area (TPSA) is 13.1 Å². The summed E-state index contributed by atoms with van der Waals surface area (Å²) < 4.78 is 6.02. The normalized spacial score (nSPS) is 20.2. The summed E-state index contributed by atoms with van der Waals surface area (Å²) in [5.41, 5.74) is 0. The molecule has 0 spiro atoms. The molecule has 0 bridgehead atoms. The molecule has 1 aromatic rings. The summed E-state index contributed by atoms with van der Waals surface area (Å²) in [6.45, 7) is 0. The highest BCUT2D eigenvalue weighted by atomic mass is 79.9. The molecule has 2 saturated heterocycles. The van der Waals surface area contributed by atoms with Crippen molar-refractivity contribution in [3.8, 4) is 0 Å². The Bertz CT molecular complexity index is 326. The van der Waals surface area contributed by atoms with Gasteiger partial charge in [0.2, 0.25) is 0 Å². The Morgan fingerprint density at radius 2 is 1.11 bits per heavy atom. The molecule has 0 unspecified atom stereocenters. The van der Waals surface area contributed by atoms with Crippen LogP contribution in [0.15, 0.2) is 16.5 Å². The summed E-state index contributed by atoms with van der Waals surface area (Å²) in [5.74, 6) is 10.7. The van der Waals surface area contributed by atoms with Crippen molar-refractivity contribution in [3.63, 3.8) is 0 Å². The van der Waals surface area contributed by atoms with E-state index in [1.165, 1.54) is 71.7 Å². The van der Waals surface area contributed by atoms with Crippen molar-refractivity contribution in [3.05, 3.63) is 23.7 Å². The number of rotatable bonds is 4. The molecular weight excluding hydrogens is 408 g/mol. The highest BCUT2D eigenvalue weighted by Crippen LogP contribution is 2.23. The van der Waals surface area contributed by atoms with Crippen LogP contribution in [0.3, 0.4) is 0 Å². The van der Waals surface area contributed by atoms with Gasteiger partial charge in [0.15, 0.2) is 23.0 Å². The van der Waals surface area contributed by atoms with E-state index in [2.05, 4.69) is 12.1 Å².